The number of aromatic nitrogens is 1. The summed E-state index contributed by atoms with van der Waals surface area (Å²) in [4.78, 5) is 4.04. The minimum Gasteiger partial charge on any atom is -0.314 e. The van der Waals surface area contributed by atoms with Gasteiger partial charge in [0.1, 0.15) is 5.82 Å². The molecular weight excluding hydrogens is 167 g/mol. The van der Waals surface area contributed by atoms with Crippen LogP contribution in [0.1, 0.15) is 18.5 Å². The molecule has 1 N–H and O–H groups in total. The van der Waals surface area contributed by atoms with Gasteiger partial charge in [0.25, 0.3) is 0 Å². The Balaban J connectivity index is 2.14. The lowest BCUT2D eigenvalue weighted by Gasteiger charge is -2.13. The van der Waals surface area contributed by atoms with E-state index < -0.39 is 0 Å². The van der Waals surface area contributed by atoms with Gasteiger partial charge in [-0.25, -0.2) is 4.39 Å². The van der Waals surface area contributed by atoms with Crippen molar-refractivity contribution in [3.05, 3.63) is 29.8 Å². The molecule has 0 bridgehead atoms. The highest BCUT2D eigenvalue weighted by Gasteiger charge is 2.41. The molecule has 0 unspecified atom stereocenters. The summed E-state index contributed by atoms with van der Waals surface area (Å²) in [5.41, 5.74) is 0.712. The topological polar surface area (TPSA) is 24.9 Å². The molecule has 0 spiro atoms. The van der Waals surface area contributed by atoms with E-state index in [-0.39, 0.29) is 11.4 Å². The standard InChI is InChI=1S/C10H13FN2/c1-12-10(4-5-10)7-9-8(11)3-2-6-13-9/h2-3,6,12H,4-5,7H2,1H3. The molecule has 0 amide bonds. The Morgan fingerprint density at radius 1 is 1.62 bits per heavy atom. The van der Waals surface area contributed by atoms with Gasteiger partial charge < -0.3 is 5.32 Å². The normalized spacial score (nSPS) is 18.6. The van der Waals surface area contributed by atoms with Crippen molar-refractivity contribution in [2.75, 3.05) is 7.05 Å². The van der Waals surface area contributed by atoms with Crippen LogP contribution in [-0.2, 0) is 6.42 Å². The van der Waals surface area contributed by atoms with E-state index in [2.05, 4.69) is 10.3 Å². The van der Waals surface area contributed by atoms with E-state index in [1.165, 1.54) is 6.07 Å². The van der Waals surface area contributed by atoms with Crippen LogP contribution in [0.25, 0.3) is 0 Å². The minimum atomic E-state index is -0.191. The van der Waals surface area contributed by atoms with Crippen molar-refractivity contribution >= 4 is 0 Å². The first-order valence-corrected chi connectivity index (χ1v) is 4.54. The fraction of sp³-hybridized carbons (Fsp3) is 0.500. The molecule has 3 heteroatoms. The molecule has 0 radical (unpaired) electrons. The molecule has 1 heterocycles. The summed E-state index contributed by atoms with van der Waals surface area (Å²) < 4.78 is 13.2. The van der Waals surface area contributed by atoms with Crippen LogP contribution >= 0.6 is 0 Å². The first-order valence-electron chi connectivity index (χ1n) is 4.54. The average Bonchev–Trinajstić information content (AvgIpc) is 2.90. The molecular formula is C10H13FN2. The number of halogens is 1. The first-order chi connectivity index (χ1) is 6.26. The van der Waals surface area contributed by atoms with Gasteiger partial charge in [-0.3, -0.25) is 4.98 Å². The van der Waals surface area contributed by atoms with Crippen molar-refractivity contribution < 1.29 is 4.39 Å². The number of nitrogens with one attached hydrogen (secondary N) is 1. The van der Waals surface area contributed by atoms with Crippen LogP contribution in [0.3, 0.4) is 0 Å². The van der Waals surface area contributed by atoms with Crippen molar-refractivity contribution in [1.82, 2.24) is 10.3 Å². The minimum absolute atomic E-state index is 0.134. The molecule has 1 saturated carbocycles. The van der Waals surface area contributed by atoms with Crippen molar-refractivity contribution in [3.63, 3.8) is 0 Å². The van der Waals surface area contributed by atoms with Crippen LogP contribution in [0.15, 0.2) is 18.3 Å². The SMILES string of the molecule is CNC1(Cc2ncccc2F)CC1. The molecule has 0 atom stereocenters. The van der Waals surface area contributed by atoms with Crippen molar-refractivity contribution in [2.24, 2.45) is 0 Å². The number of rotatable bonds is 3. The Morgan fingerprint density at radius 2 is 2.38 bits per heavy atom. The fourth-order valence-corrected chi connectivity index (χ4v) is 1.54. The third kappa shape index (κ3) is 1.70. The molecule has 1 fully saturated rings. The molecule has 1 aromatic heterocycles. The highest BCUT2D eigenvalue weighted by molar-refractivity contribution is 5.15. The molecule has 2 rings (SSSR count). The van der Waals surface area contributed by atoms with E-state index >= 15 is 0 Å². The van der Waals surface area contributed by atoms with Gasteiger partial charge in [-0.1, -0.05) is 0 Å². The molecule has 13 heavy (non-hydrogen) atoms. The van der Waals surface area contributed by atoms with Crippen LogP contribution < -0.4 is 5.32 Å². The zero-order valence-electron chi connectivity index (χ0n) is 7.68. The zero-order chi connectivity index (χ0) is 9.31. The predicted molar refractivity (Wildman–Crippen MR) is 48.9 cm³/mol. The molecule has 70 valence electrons. The van der Waals surface area contributed by atoms with E-state index in [4.69, 9.17) is 0 Å². The molecule has 0 saturated heterocycles. The van der Waals surface area contributed by atoms with Gasteiger partial charge in [-0.2, -0.15) is 0 Å². The van der Waals surface area contributed by atoms with Crippen molar-refractivity contribution in [2.45, 2.75) is 24.8 Å². The van der Waals surface area contributed by atoms with E-state index in [9.17, 15) is 4.39 Å². The number of hydrogen-bond acceptors (Lipinski definition) is 2. The highest BCUT2D eigenvalue weighted by atomic mass is 19.1. The van der Waals surface area contributed by atoms with Gasteiger partial charge >= 0.3 is 0 Å². The molecule has 0 aromatic carbocycles. The predicted octanol–water partition coefficient (Wildman–Crippen LogP) is 1.52. The summed E-state index contributed by atoms with van der Waals surface area (Å²) in [6, 6.07) is 3.09. The van der Waals surface area contributed by atoms with Crippen molar-refractivity contribution in [1.29, 1.82) is 0 Å². The molecule has 2 nitrogen and oxygen atoms in total. The lowest BCUT2D eigenvalue weighted by atomic mass is 10.1. The van der Waals surface area contributed by atoms with Crippen LogP contribution in [0, 0.1) is 5.82 Å². The Morgan fingerprint density at radius 3 is 2.92 bits per heavy atom. The van der Waals surface area contributed by atoms with Crippen LogP contribution in [0.2, 0.25) is 0 Å². The largest absolute Gasteiger partial charge is 0.314 e. The van der Waals surface area contributed by atoms with E-state index in [0.29, 0.717) is 12.1 Å². The van der Waals surface area contributed by atoms with Gasteiger partial charge in [0.05, 0.1) is 5.69 Å². The smallest absolute Gasteiger partial charge is 0.144 e. The third-order valence-corrected chi connectivity index (χ3v) is 2.72. The Labute approximate surface area is 77.2 Å². The number of nitrogens with zero attached hydrogens (tertiary/aromatic N) is 1. The molecule has 0 aliphatic heterocycles. The fourth-order valence-electron chi connectivity index (χ4n) is 1.54. The van der Waals surface area contributed by atoms with Crippen LogP contribution in [0.4, 0.5) is 4.39 Å². The average molecular weight is 180 g/mol. The lowest BCUT2D eigenvalue weighted by molar-refractivity contribution is 0.514. The summed E-state index contributed by atoms with van der Waals surface area (Å²) in [5.74, 6) is -0.191. The maximum atomic E-state index is 13.2. The molecule has 1 aliphatic carbocycles. The summed E-state index contributed by atoms with van der Waals surface area (Å²) >= 11 is 0. The molecule has 1 aliphatic rings. The van der Waals surface area contributed by atoms with Gasteiger partial charge in [0.2, 0.25) is 0 Å². The monoisotopic (exact) mass is 180 g/mol. The van der Waals surface area contributed by atoms with Crippen LogP contribution in [0.5, 0.6) is 0 Å². The van der Waals surface area contributed by atoms with Crippen molar-refractivity contribution in [3.8, 4) is 0 Å². The van der Waals surface area contributed by atoms with Gasteiger partial charge in [0.15, 0.2) is 0 Å². The Hall–Kier alpha value is -0.960. The summed E-state index contributed by atoms with van der Waals surface area (Å²) in [6.45, 7) is 0. The maximum absolute atomic E-state index is 13.2. The third-order valence-electron chi connectivity index (χ3n) is 2.72. The molecule has 1 aromatic rings. The Kier molecular flexibility index (Phi) is 2.04. The first kappa shape index (κ1) is 8.63. The number of pyridine rings is 1. The Bertz CT molecular complexity index is 308. The summed E-state index contributed by atoms with van der Waals surface area (Å²) in [6.07, 6.45) is 4.60. The quantitative estimate of drug-likeness (QED) is 0.762. The summed E-state index contributed by atoms with van der Waals surface area (Å²) in [5, 5.41) is 3.22. The second kappa shape index (κ2) is 3.07. The highest BCUT2D eigenvalue weighted by Crippen LogP contribution is 2.37. The second-order valence-corrected chi connectivity index (χ2v) is 3.64. The number of likely N-dealkylation sites (N-methyl/N-ethyl adjacent to an activating group) is 1. The van der Waals surface area contributed by atoms with E-state index in [1.807, 2.05) is 7.05 Å². The van der Waals surface area contributed by atoms with Gasteiger partial charge in [-0.15, -0.1) is 0 Å². The van der Waals surface area contributed by atoms with Gasteiger partial charge in [0, 0.05) is 18.2 Å². The van der Waals surface area contributed by atoms with E-state index in [1.54, 1.807) is 12.3 Å². The van der Waals surface area contributed by atoms with E-state index in [0.717, 1.165) is 12.8 Å². The zero-order valence-corrected chi connectivity index (χ0v) is 7.68. The lowest BCUT2D eigenvalue weighted by Crippen LogP contribution is -2.30. The number of hydrogen-bond donors (Lipinski definition) is 1. The second-order valence-electron chi connectivity index (χ2n) is 3.64. The summed E-state index contributed by atoms with van der Waals surface area (Å²) in [7, 11) is 1.92. The van der Waals surface area contributed by atoms with Gasteiger partial charge in [-0.05, 0) is 32.0 Å². The van der Waals surface area contributed by atoms with Crippen LogP contribution in [-0.4, -0.2) is 17.6 Å². The maximum Gasteiger partial charge on any atom is 0.144 e.